The summed E-state index contributed by atoms with van der Waals surface area (Å²) in [4.78, 5) is 25.1. The minimum absolute atomic E-state index is 0.0920. The summed E-state index contributed by atoms with van der Waals surface area (Å²) in [5, 5.41) is 11.6. The largest absolute Gasteiger partial charge is 0.394 e. The highest BCUT2D eigenvalue weighted by Gasteiger charge is 2.54. The van der Waals surface area contributed by atoms with Gasteiger partial charge in [-0.05, 0) is 19.3 Å². The van der Waals surface area contributed by atoms with E-state index in [0.29, 0.717) is 19.5 Å². The SMILES string of the molecule is N[C@@H](CO)C(=O)N1CCCCC12CNC2=O. The maximum Gasteiger partial charge on any atom is 0.247 e. The number of hydrogen-bond acceptors (Lipinski definition) is 4. The molecular weight excluding hydrogens is 210 g/mol. The molecule has 2 heterocycles. The van der Waals surface area contributed by atoms with Gasteiger partial charge in [-0.3, -0.25) is 9.59 Å². The lowest BCUT2D eigenvalue weighted by atomic mass is 9.80. The summed E-state index contributed by atoms with van der Waals surface area (Å²) >= 11 is 0. The van der Waals surface area contributed by atoms with Gasteiger partial charge in [0, 0.05) is 13.1 Å². The predicted molar refractivity (Wildman–Crippen MR) is 56.4 cm³/mol. The Balaban J connectivity index is 2.17. The summed E-state index contributed by atoms with van der Waals surface area (Å²) in [6.07, 6.45) is 2.53. The van der Waals surface area contributed by atoms with E-state index in [4.69, 9.17) is 10.8 Å². The molecule has 0 bridgehead atoms. The fourth-order valence-corrected chi connectivity index (χ4v) is 2.42. The summed E-state index contributed by atoms with van der Waals surface area (Å²) in [6, 6.07) is -0.914. The molecule has 0 aromatic heterocycles. The molecule has 2 amide bonds. The molecule has 2 aliphatic rings. The zero-order valence-corrected chi connectivity index (χ0v) is 9.11. The zero-order chi connectivity index (χ0) is 11.8. The number of nitrogens with two attached hydrogens (primary N) is 1. The van der Waals surface area contributed by atoms with E-state index in [1.54, 1.807) is 4.90 Å². The van der Waals surface area contributed by atoms with Crippen LogP contribution in [0.4, 0.5) is 0 Å². The van der Waals surface area contributed by atoms with E-state index >= 15 is 0 Å². The second-order valence-electron chi connectivity index (χ2n) is 4.45. The van der Waals surface area contributed by atoms with Crippen molar-refractivity contribution in [1.82, 2.24) is 10.2 Å². The number of β-lactam (4-membered cyclic amide) rings is 1. The Kier molecular flexibility index (Phi) is 2.86. The molecule has 90 valence electrons. The van der Waals surface area contributed by atoms with E-state index in [2.05, 4.69) is 5.32 Å². The highest BCUT2D eigenvalue weighted by Crippen LogP contribution is 2.32. The van der Waals surface area contributed by atoms with Crippen molar-refractivity contribution in [2.45, 2.75) is 30.8 Å². The molecule has 1 spiro atoms. The molecule has 2 rings (SSSR count). The van der Waals surface area contributed by atoms with Gasteiger partial charge in [0.1, 0.15) is 11.6 Å². The standard InChI is InChI=1S/C10H17N3O3/c11-7(5-14)8(15)13-4-2-1-3-10(13)6-12-9(10)16/h7,14H,1-6,11H2,(H,12,16)/t7-,10?/m0/s1. The average Bonchev–Trinajstić information content (AvgIpc) is 2.34. The minimum atomic E-state index is -0.914. The van der Waals surface area contributed by atoms with Gasteiger partial charge >= 0.3 is 0 Å². The van der Waals surface area contributed by atoms with Gasteiger partial charge in [-0.2, -0.15) is 0 Å². The van der Waals surface area contributed by atoms with Gasteiger partial charge in [0.05, 0.1) is 6.61 Å². The predicted octanol–water partition coefficient (Wildman–Crippen LogP) is -1.81. The second-order valence-corrected chi connectivity index (χ2v) is 4.45. The van der Waals surface area contributed by atoms with Gasteiger partial charge < -0.3 is 21.1 Å². The molecule has 0 aliphatic carbocycles. The number of nitrogens with zero attached hydrogens (tertiary/aromatic N) is 1. The molecular formula is C10H17N3O3. The smallest absolute Gasteiger partial charge is 0.247 e. The van der Waals surface area contributed by atoms with Crippen LogP contribution in [0, 0.1) is 0 Å². The quantitative estimate of drug-likeness (QED) is 0.484. The lowest BCUT2D eigenvalue weighted by Gasteiger charge is -2.51. The van der Waals surface area contributed by atoms with Crippen LogP contribution in [0.2, 0.25) is 0 Å². The number of aliphatic hydroxyl groups is 1. The van der Waals surface area contributed by atoms with Crippen LogP contribution < -0.4 is 11.1 Å². The average molecular weight is 227 g/mol. The fourth-order valence-electron chi connectivity index (χ4n) is 2.42. The number of likely N-dealkylation sites (tertiary alicyclic amines) is 1. The Morgan fingerprint density at radius 1 is 1.62 bits per heavy atom. The molecule has 0 aromatic rings. The van der Waals surface area contributed by atoms with Crippen molar-refractivity contribution in [1.29, 1.82) is 0 Å². The highest BCUT2D eigenvalue weighted by molar-refractivity contribution is 5.97. The Morgan fingerprint density at radius 3 is 2.88 bits per heavy atom. The van der Waals surface area contributed by atoms with E-state index in [1.807, 2.05) is 0 Å². The van der Waals surface area contributed by atoms with Crippen molar-refractivity contribution in [2.24, 2.45) is 5.73 Å². The summed E-state index contributed by atoms with van der Waals surface area (Å²) in [6.45, 7) is 0.683. The van der Waals surface area contributed by atoms with Crippen LogP contribution in [0.1, 0.15) is 19.3 Å². The number of piperidine rings is 1. The molecule has 2 atom stereocenters. The molecule has 1 unspecified atom stereocenters. The summed E-state index contributed by atoms with van der Waals surface area (Å²) in [5.74, 6) is -0.414. The number of amides is 2. The Bertz CT molecular complexity index is 320. The Morgan fingerprint density at radius 2 is 2.38 bits per heavy atom. The van der Waals surface area contributed by atoms with E-state index < -0.39 is 11.6 Å². The molecule has 6 heteroatoms. The molecule has 0 radical (unpaired) electrons. The van der Waals surface area contributed by atoms with Crippen molar-refractivity contribution in [3.05, 3.63) is 0 Å². The third-order valence-corrected chi connectivity index (χ3v) is 3.48. The lowest BCUT2D eigenvalue weighted by Crippen LogP contribution is -2.76. The van der Waals surface area contributed by atoms with Crippen molar-refractivity contribution >= 4 is 11.8 Å². The number of aliphatic hydroxyl groups excluding tert-OH is 1. The normalized spacial score (nSPS) is 30.9. The number of carbonyl (C=O) groups excluding carboxylic acids is 2. The van der Waals surface area contributed by atoms with Crippen LogP contribution in [0.5, 0.6) is 0 Å². The first kappa shape index (κ1) is 11.3. The summed E-state index contributed by atoms with van der Waals surface area (Å²) < 4.78 is 0. The summed E-state index contributed by atoms with van der Waals surface area (Å²) in [5.41, 5.74) is 4.84. The highest BCUT2D eigenvalue weighted by atomic mass is 16.3. The van der Waals surface area contributed by atoms with Crippen molar-refractivity contribution in [3.8, 4) is 0 Å². The Labute approximate surface area is 93.8 Å². The minimum Gasteiger partial charge on any atom is -0.394 e. The van der Waals surface area contributed by atoms with E-state index in [-0.39, 0.29) is 18.4 Å². The molecule has 16 heavy (non-hydrogen) atoms. The molecule has 0 saturated carbocycles. The van der Waals surface area contributed by atoms with Gasteiger partial charge in [0.25, 0.3) is 0 Å². The van der Waals surface area contributed by atoms with E-state index in [9.17, 15) is 9.59 Å². The first-order valence-corrected chi connectivity index (χ1v) is 5.58. The van der Waals surface area contributed by atoms with Gasteiger partial charge in [-0.1, -0.05) is 0 Å². The molecule has 4 N–H and O–H groups in total. The monoisotopic (exact) mass is 227 g/mol. The van der Waals surface area contributed by atoms with Crippen LogP contribution >= 0.6 is 0 Å². The third kappa shape index (κ3) is 1.49. The van der Waals surface area contributed by atoms with Crippen LogP contribution in [0.25, 0.3) is 0 Å². The first-order valence-electron chi connectivity index (χ1n) is 5.58. The maximum absolute atomic E-state index is 11.9. The van der Waals surface area contributed by atoms with Crippen molar-refractivity contribution in [2.75, 3.05) is 19.7 Å². The third-order valence-electron chi connectivity index (χ3n) is 3.48. The topological polar surface area (TPSA) is 95.7 Å². The van der Waals surface area contributed by atoms with Crippen LogP contribution in [-0.2, 0) is 9.59 Å². The number of rotatable bonds is 2. The van der Waals surface area contributed by atoms with Gasteiger partial charge in [0.2, 0.25) is 11.8 Å². The second kappa shape index (κ2) is 4.03. The molecule has 2 aliphatic heterocycles. The molecule has 2 fully saturated rings. The van der Waals surface area contributed by atoms with Gasteiger partial charge in [0.15, 0.2) is 0 Å². The van der Waals surface area contributed by atoms with Gasteiger partial charge in [-0.25, -0.2) is 0 Å². The van der Waals surface area contributed by atoms with Gasteiger partial charge in [-0.15, -0.1) is 0 Å². The van der Waals surface area contributed by atoms with E-state index in [1.165, 1.54) is 0 Å². The number of carbonyl (C=O) groups is 2. The number of hydrogen-bond donors (Lipinski definition) is 3. The van der Waals surface area contributed by atoms with Crippen LogP contribution in [0.15, 0.2) is 0 Å². The first-order chi connectivity index (χ1) is 7.62. The zero-order valence-electron chi connectivity index (χ0n) is 9.11. The molecule has 2 saturated heterocycles. The fraction of sp³-hybridized carbons (Fsp3) is 0.800. The molecule has 0 aromatic carbocycles. The van der Waals surface area contributed by atoms with Crippen molar-refractivity contribution in [3.63, 3.8) is 0 Å². The van der Waals surface area contributed by atoms with Crippen LogP contribution in [0.3, 0.4) is 0 Å². The molecule has 6 nitrogen and oxygen atoms in total. The summed E-state index contributed by atoms with van der Waals surface area (Å²) in [7, 11) is 0. The van der Waals surface area contributed by atoms with E-state index in [0.717, 1.165) is 12.8 Å². The number of nitrogens with one attached hydrogen (secondary N) is 1. The van der Waals surface area contributed by atoms with Crippen molar-refractivity contribution < 1.29 is 14.7 Å². The maximum atomic E-state index is 11.9. The Hall–Kier alpha value is -1.14. The van der Waals surface area contributed by atoms with Crippen LogP contribution in [-0.4, -0.2) is 53.1 Å². The lowest BCUT2D eigenvalue weighted by molar-refractivity contribution is -0.160.